The average Bonchev–Trinajstić information content (AvgIpc) is 2.74. The normalized spacial score (nSPS) is 18.3. The zero-order chi connectivity index (χ0) is 13.0. The number of rotatable bonds is 3. The first-order valence-electron chi connectivity index (χ1n) is 5.69. The lowest BCUT2D eigenvalue weighted by Gasteiger charge is -2.11. The minimum Gasteiger partial charge on any atom is -0.354 e. The molecule has 0 saturated carbocycles. The maximum absolute atomic E-state index is 11.6. The second-order valence-corrected chi connectivity index (χ2v) is 4.60. The summed E-state index contributed by atoms with van der Waals surface area (Å²) in [5.41, 5.74) is 0.968. The van der Waals surface area contributed by atoms with Crippen molar-refractivity contribution in [1.82, 2.24) is 16.0 Å². The Hall–Kier alpha value is -1.75. The van der Waals surface area contributed by atoms with Crippen LogP contribution in [0.1, 0.15) is 12.0 Å². The van der Waals surface area contributed by atoms with Crippen LogP contribution in [-0.4, -0.2) is 24.5 Å². The van der Waals surface area contributed by atoms with E-state index in [4.69, 9.17) is 11.6 Å². The third-order valence-corrected chi connectivity index (χ3v) is 2.93. The van der Waals surface area contributed by atoms with Gasteiger partial charge in [0.05, 0.1) is 6.04 Å². The van der Waals surface area contributed by atoms with E-state index in [2.05, 4.69) is 16.0 Å². The highest BCUT2D eigenvalue weighted by Gasteiger charge is 2.22. The van der Waals surface area contributed by atoms with Crippen molar-refractivity contribution < 1.29 is 9.59 Å². The van der Waals surface area contributed by atoms with Crippen molar-refractivity contribution in [3.8, 4) is 0 Å². The summed E-state index contributed by atoms with van der Waals surface area (Å²) in [5, 5.41) is 8.78. The third kappa shape index (κ3) is 3.63. The second kappa shape index (κ2) is 5.73. The van der Waals surface area contributed by atoms with Crippen LogP contribution >= 0.6 is 11.6 Å². The zero-order valence-electron chi connectivity index (χ0n) is 9.70. The van der Waals surface area contributed by atoms with Gasteiger partial charge in [0, 0.05) is 24.5 Å². The number of carbonyl (C=O) groups excluding carboxylic acids is 2. The summed E-state index contributed by atoms with van der Waals surface area (Å²) in [7, 11) is 0. The maximum Gasteiger partial charge on any atom is 0.315 e. The molecule has 1 aromatic rings. The summed E-state index contributed by atoms with van der Waals surface area (Å²) in [4.78, 5) is 22.5. The van der Waals surface area contributed by atoms with Crippen molar-refractivity contribution >= 4 is 23.5 Å². The van der Waals surface area contributed by atoms with E-state index in [1.807, 2.05) is 12.1 Å². The average molecular weight is 268 g/mol. The van der Waals surface area contributed by atoms with Gasteiger partial charge in [0.25, 0.3) is 0 Å². The standard InChI is InChI=1S/C12H14ClN3O2/c13-9-3-1-8(2-4-9)6-15-12(18)16-10-5-11(17)14-7-10/h1-4,10H,5-7H2,(H,14,17)(H2,15,16,18). The molecule has 0 spiro atoms. The number of hydrogen-bond donors (Lipinski definition) is 3. The van der Waals surface area contributed by atoms with Crippen LogP contribution in [0.15, 0.2) is 24.3 Å². The smallest absolute Gasteiger partial charge is 0.315 e. The van der Waals surface area contributed by atoms with Crippen molar-refractivity contribution in [1.29, 1.82) is 0 Å². The second-order valence-electron chi connectivity index (χ2n) is 4.16. The SMILES string of the molecule is O=C1CC(NC(=O)NCc2ccc(Cl)cc2)CN1. The third-order valence-electron chi connectivity index (χ3n) is 2.68. The van der Waals surface area contributed by atoms with E-state index in [0.717, 1.165) is 5.56 Å². The molecule has 6 heteroatoms. The van der Waals surface area contributed by atoms with Gasteiger partial charge in [-0.3, -0.25) is 4.79 Å². The first kappa shape index (κ1) is 12.7. The molecule has 5 nitrogen and oxygen atoms in total. The van der Waals surface area contributed by atoms with Crippen molar-refractivity contribution in [3.05, 3.63) is 34.9 Å². The number of hydrogen-bond acceptors (Lipinski definition) is 2. The molecule has 2 rings (SSSR count). The number of benzene rings is 1. The van der Waals surface area contributed by atoms with Crippen LogP contribution in [-0.2, 0) is 11.3 Å². The Morgan fingerprint density at radius 2 is 2.11 bits per heavy atom. The monoisotopic (exact) mass is 267 g/mol. The largest absolute Gasteiger partial charge is 0.354 e. The van der Waals surface area contributed by atoms with Gasteiger partial charge in [-0.15, -0.1) is 0 Å². The minimum absolute atomic E-state index is 0.0296. The van der Waals surface area contributed by atoms with Crippen molar-refractivity contribution in [2.45, 2.75) is 19.0 Å². The fourth-order valence-corrected chi connectivity index (χ4v) is 1.85. The lowest BCUT2D eigenvalue weighted by Crippen LogP contribution is -2.42. The molecule has 1 aliphatic heterocycles. The van der Waals surface area contributed by atoms with Gasteiger partial charge >= 0.3 is 6.03 Å². The summed E-state index contributed by atoms with van der Waals surface area (Å²) in [6.45, 7) is 0.921. The Morgan fingerprint density at radius 3 is 2.72 bits per heavy atom. The Bertz CT molecular complexity index is 447. The highest BCUT2D eigenvalue weighted by atomic mass is 35.5. The summed E-state index contributed by atoms with van der Waals surface area (Å²) in [6, 6.07) is 6.85. The highest BCUT2D eigenvalue weighted by molar-refractivity contribution is 6.30. The van der Waals surface area contributed by atoms with Gasteiger partial charge in [0.15, 0.2) is 0 Å². The van der Waals surface area contributed by atoms with Gasteiger partial charge in [-0.2, -0.15) is 0 Å². The van der Waals surface area contributed by atoms with E-state index >= 15 is 0 Å². The van der Waals surface area contributed by atoms with Gasteiger partial charge in [0.2, 0.25) is 5.91 Å². The van der Waals surface area contributed by atoms with Gasteiger partial charge < -0.3 is 16.0 Å². The molecule has 1 fully saturated rings. The van der Waals surface area contributed by atoms with Gasteiger partial charge in [-0.05, 0) is 17.7 Å². The van der Waals surface area contributed by atoms with E-state index in [0.29, 0.717) is 24.5 Å². The number of amides is 3. The van der Waals surface area contributed by atoms with E-state index in [-0.39, 0.29) is 18.0 Å². The topological polar surface area (TPSA) is 70.2 Å². The molecule has 96 valence electrons. The first-order chi connectivity index (χ1) is 8.63. The first-order valence-corrected chi connectivity index (χ1v) is 6.07. The number of halogens is 1. The number of nitrogens with one attached hydrogen (secondary N) is 3. The molecule has 1 aromatic carbocycles. The molecular formula is C12H14ClN3O2. The Morgan fingerprint density at radius 1 is 1.39 bits per heavy atom. The molecule has 0 aliphatic carbocycles. The quantitative estimate of drug-likeness (QED) is 0.765. The van der Waals surface area contributed by atoms with Crippen LogP contribution in [0.3, 0.4) is 0 Å². The Balaban J connectivity index is 1.74. The van der Waals surface area contributed by atoms with E-state index in [1.165, 1.54) is 0 Å². The van der Waals surface area contributed by atoms with Gasteiger partial charge in [0.1, 0.15) is 0 Å². The number of urea groups is 1. The van der Waals surface area contributed by atoms with Crippen LogP contribution in [0.5, 0.6) is 0 Å². The lowest BCUT2D eigenvalue weighted by atomic mass is 10.2. The summed E-state index contributed by atoms with van der Waals surface area (Å²) >= 11 is 5.76. The van der Waals surface area contributed by atoms with Crippen molar-refractivity contribution in [2.24, 2.45) is 0 Å². The molecule has 1 aliphatic rings. The van der Waals surface area contributed by atoms with Crippen LogP contribution in [0.2, 0.25) is 5.02 Å². The van der Waals surface area contributed by atoms with Crippen molar-refractivity contribution in [2.75, 3.05) is 6.54 Å². The van der Waals surface area contributed by atoms with Crippen LogP contribution < -0.4 is 16.0 Å². The van der Waals surface area contributed by atoms with Crippen LogP contribution in [0, 0.1) is 0 Å². The fraction of sp³-hybridized carbons (Fsp3) is 0.333. The van der Waals surface area contributed by atoms with E-state index < -0.39 is 0 Å². The molecule has 1 atom stereocenters. The minimum atomic E-state index is -0.272. The molecule has 1 saturated heterocycles. The van der Waals surface area contributed by atoms with Crippen LogP contribution in [0.4, 0.5) is 4.79 Å². The molecule has 1 unspecified atom stereocenters. The predicted molar refractivity (Wildman–Crippen MR) is 68.2 cm³/mol. The zero-order valence-corrected chi connectivity index (χ0v) is 10.5. The summed E-state index contributed by atoms with van der Waals surface area (Å²) < 4.78 is 0. The van der Waals surface area contributed by atoms with Crippen LogP contribution in [0.25, 0.3) is 0 Å². The molecule has 0 radical (unpaired) electrons. The molecular weight excluding hydrogens is 254 g/mol. The molecule has 0 bridgehead atoms. The predicted octanol–water partition coefficient (Wildman–Crippen LogP) is 1.03. The lowest BCUT2D eigenvalue weighted by molar-refractivity contribution is -0.119. The molecule has 3 amide bonds. The molecule has 1 heterocycles. The van der Waals surface area contributed by atoms with E-state index in [1.54, 1.807) is 12.1 Å². The molecule has 18 heavy (non-hydrogen) atoms. The highest BCUT2D eigenvalue weighted by Crippen LogP contribution is 2.09. The number of carbonyl (C=O) groups is 2. The van der Waals surface area contributed by atoms with Gasteiger partial charge in [-0.25, -0.2) is 4.79 Å². The Kier molecular flexibility index (Phi) is 4.04. The summed E-state index contributed by atoms with van der Waals surface area (Å²) in [5.74, 6) is -0.0296. The fourth-order valence-electron chi connectivity index (χ4n) is 1.73. The summed E-state index contributed by atoms with van der Waals surface area (Å²) in [6.07, 6.45) is 0.342. The Labute approximate surface area is 110 Å². The van der Waals surface area contributed by atoms with Crippen molar-refractivity contribution in [3.63, 3.8) is 0 Å². The molecule has 0 aromatic heterocycles. The maximum atomic E-state index is 11.6. The van der Waals surface area contributed by atoms with Gasteiger partial charge in [-0.1, -0.05) is 23.7 Å². The molecule has 3 N–H and O–H groups in total. The van der Waals surface area contributed by atoms with E-state index in [9.17, 15) is 9.59 Å².